The van der Waals surface area contributed by atoms with Gasteiger partial charge >= 0.3 is 19.8 Å². The summed E-state index contributed by atoms with van der Waals surface area (Å²) in [7, 11) is -4.76. The number of rotatable bonds is 32. The lowest BCUT2D eigenvalue weighted by Crippen LogP contribution is -2.43. The van der Waals surface area contributed by atoms with Crippen LogP contribution in [0.2, 0.25) is 0 Å². The van der Waals surface area contributed by atoms with Gasteiger partial charge in [-0.3, -0.25) is 18.6 Å². The van der Waals surface area contributed by atoms with Crippen molar-refractivity contribution in [2.45, 2.75) is 135 Å². The van der Waals surface area contributed by atoms with Crippen molar-refractivity contribution < 1.29 is 47.8 Å². The second-order valence-corrected chi connectivity index (χ2v) is 13.1. The minimum Gasteiger partial charge on any atom is -0.480 e. The molecule has 0 spiro atoms. The Bertz CT molecular complexity index is 1070. The maximum atomic E-state index is 12.2. The third-order valence-electron chi connectivity index (χ3n) is 7.02. The molecule has 0 aliphatic rings. The molecule has 0 saturated heterocycles. The number of esters is 1. The van der Waals surface area contributed by atoms with E-state index in [1.165, 1.54) is 0 Å². The molecule has 0 aromatic carbocycles. The molecular weight excluding hydrogens is 649 g/mol. The van der Waals surface area contributed by atoms with Crippen LogP contribution in [0.25, 0.3) is 0 Å². The number of aliphatic hydroxyl groups is 1. The van der Waals surface area contributed by atoms with E-state index in [4.69, 9.17) is 13.8 Å². The van der Waals surface area contributed by atoms with Crippen molar-refractivity contribution in [3.8, 4) is 0 Å². The van der Waals surface area contributed by atoms with Gasteiger partial charge in [-0.2, -0.15) is 0 Å². The minimum absolute atomic E-state index is 0.129. The molecule has 0 aliphatic heterocycles. The Morgan fingerprint density at radius 3 is 1.82 bits per heavy atom. The van der Waals surface area contributed by atoms with Crippen molar-refractivity contribution in [1.29, 1.82) is 0 Å². The van der Waals surface area contributed by atoms with Crippen LogP contribution in [0.5, 0.6) is 0 Å². The van der Waals surface area contributed by atoms with Crippen molar-refractivity contribution in [1.82, 2.24) is 5.32 Å². The highest BCUT2D eigenvalue weighted by atomic mass is 31.2. The normalized spacial score (nSPS) is 14.7. The number of aliphatic hydroxyl groups excluding tert-OH is 1. The predicted octanol–water partition coefficient (Wildman–Crippen LogP) is 8.05. The van der Waals surface area contributed by atoms with Crippen LogP contribution in [0.4, 0.5) is 0 Å². The lowest BCUT2D eigenvalue weighted by molar-refractivity contribution is -0.147. The fraction of sp³-hybridized carbons (Fsp3) is 0.649. The van der Waals surface area contributed by atoms with Crippen molar-refractivity contribution in [2.24, 2.45) is 0 Å². The van der Waals surface area contributed by atoms with E-state index in [2.05, 4.69) is 79.9 Å². The zero-order chi connectivity index (χ0) is 36.4. The van der Waals surface area contributed by atoms with Gasteiger partial charge in [-0.15, -0.1) is 0 Å². The van der Waals surface area contributed by atoms with E-state index in [-0.39, 0.29) is 12.8 Å². The molecule has 0 rings (SSSR count). The maximum absolute atomic E-state index is 12.2. The highest BCUT2D eigenvalue weighted by molar-refractivity contribution is 7.47. The average molecular weight is 712 g/mol. The van der Waals surface area contributed by atoms with Crippen LogP contribution in [0, 0.1) is 0 Å². The summed E-state index contributed by atoms with van der Waals surface area (Å²) in [6, 6.07) is -1.56. The zero-order valence-electron chi connectivity index (χ0n) is 29.7. The van der Waals surface area contributed by atoms with Gasteiger partial charge in [0.25, 0.3) is 0 Å². The van der Waals surface area contributed by atoms with Gasteiger partial charge in [0, 0.05) is 12.8 Å². The first kappa shape index (κ1) is 46.2. The summed E-state index contributed by atoms with van der Waals surface area (Å²) in [4.78, 5) is 45.5. The van der Waals surface area contributed by atoms with Gasteiger partial charge in [0.15, 0.2) is 6.04 Å². The van der Waals surface area contributed by atoms with Crippen LogP contribution in [0.3, 0.4) is 0 Å². The Morgan fingerprint density at radius 2 is 1.18 bits per heavy atom. The smallest absolute Gasteiger partial charge is 0.472 e. The van der Waals surface area contributed by atoms with Gasteiger partial charge in [0.2, 0.25) is 5.91 Å². The largest absolute Gasteiger partial charge is 0.480 e. The first-order valence-corrected chi connectivity index (χ1v) is 19.3. The summed E-state index contributed by atoms with van der Waals surface area (Å²) in [5.74, 6) is -2.45. The lowest BCUT2D eigenvalue weighted by Gasteiger charge is -2.18. The SMILES string of the molecule is CC/C=C\C/C=C\C/C=C\C/C=C\CCCCC(=O)OCC(O)COP(=O)(O)OCC(NC(=O)CCCCCCC/C=C\CCC)C(=O)O. The molecule has 1 amide bonds. The topological polar surface area (TPSA) is 169 Å². The quantitative estimate of drug-likeness (QED) is 0.0232. The molecule has 0 aliphatic carbocycles. The van der Waals surface area contributed by atoms with Gasteiger partial charge in [-0.25, -0.2) is 9.36 Å². The number of carbonyl (C=O) groups is 3. The number of carbonyl (C=O) groups excluding carboxylic acids is 2. The number of amides is 1. The van der Waals surface area contributed by atoms with Crippen LogP contribution in [0.15, 0.2) is 60.8 Å². The third-order valence-corrected chi connectivity index (χ3v) is 7.97. The number of phosphoric acid groups is 1. The number of phosphoric ester groups is 1. The average Bonchev–Trinajstić information content (AvgIpc) is 3.07. The molecule has 0 aromatic heterocycles. The number of carboxylic acid groups (broad SMARTS) is 1. The molecule has 11 nitrogen and oxygen atoms in total. The molecule has 0 aromatic rings. The van der Waals surface area contributed by atoms with Crippen molar-refractivity contribution in [3.05, 3.63) is 60.8 Å². The molecule has 0 bridgehead atoms. The zero-order valence-corrected chi connectivity index (χ0v) is 30.6. The van der Waals surface area contributed by atoms with E-state index in [1.807, 2.05) is 0 Å². The van der Waals surface area contributed by atoms with E-state index in [9.17, 15) is 34.1 Å². The number of unbranched alkanes of at least 4 members (excludes halogenated alkanes) is 8. The molecule has 49 heavy (non-hydrogen) atoms. The monoisotopic (exact) mass is 711 g/mol. The van der Waals surface area contributed by atoms with Gasteiger partial charge in [0.05, 0.1) is 13.2 Å². The van der Waals surface area contributed by atoms with Crippen LogP contribution in [-0.2, 0) is 32.7 Å². The van der Waals surface area contributed by atoms with Gasteiger partial charge < -0.3 is 25.2 Å². The van der Waals surface area contributed by atoms with Gasteiger partial charge in [0.1, 0.15) is 12.7 Å². The van der Waals surface area contributed by atoms with Crippen molar-refractivity contribution in [3.63, 3.8) is 0 Å². The van der Waals surface area contributed by atoms with E-state index in [0.717, 1.165) is 83.5 Å². The Hall–Kier alpha value is -2.82. The summed E-state index contributed by atoms with van der Waals surface area (Å²) in [6.07, 6.45) is 34.1. The fourth-order valence-electron chi connectivity index (χ4n) is 4.25. The molecule has 3 atom stereocenters. The number of hydrogen-bond acceptors (Lipinski definition) is 8. The molecule has 0 radical (unpaired) electrons. The lowest BCUT2D eigenvalue weighted by atomic mass is 10.1. The molecule has 0 saturated carbocycles. The number of aliphatic carboxylic acids is 1. The number of nitrogens with one attached hydrogen (secondary N) is 1. The molecular formula is C37H62NO10P. The Morgan fingerprint density at radius 1 is 0.673 bits per heavy atom. The fourth-order valence-corrected chi connectivity index (χ4v) is 5.02. The van der Waals surface area contributed by atoms with E-state index >= 15 is 0 Å². The summed E-state index contributed by atoms with van der Waals surface area (Å²) < 4.78 is 26.6. The van der Waals surface area contributed by atoms with Crippen LogP contribution >= 0.6 is 7.82 Å². The van der Waals surface area contributed by atoms with Gasteiger partial charge in [-0.1, -0.05) is 100 Å². The molecule has 4 N–H and O–H groups in total. The van der Waals surface area contributed by atoms with Crippen LogP contribution in [0.1, 0.15) is 123 Å². The summed E-state index contributed by atoms with van der Waals surface area (Å²) in [5, 5.41) is 21.6. The second-order valence-electron chi connectivity index (χ2n) is 11.7. The summed E-state index contributed by atoms with van der Waals surface area (Å²) in [5.41, 5.74) is 0. The van der Waals surface area contributed by atoms with Gasteiger partial charge in [-0.05, 0) is 70.6 Å². The van der Waals surface area contributed by atoms with E-state index < -0.39 is 57.6 Å². The second kappa shape index (κ2) is 32.4. The first-order chi connectivity index (χ1) is 23.6. The minimum atomic E-state index is -4.76. The molecule has 0 fully saturated rings. The van der Waals surface area contributed by atoms with Crippen molar-refractivity contribution >= 4 is 25.7 Å². The molecule has 280 valence electrons. The molecule has 12 heteroatoms. The summed E-state index contributed by atoms with van der Waals surface area (Å²) in [6.45, 7) is 2.31. The third kappa shape index (κ3) is 32.2. The Balaban J connectivity index is 4.06. The number of ether oxygens (including phenoxy) is 1. The highest BCUT2D eigenvalue weighted by Crippen LogP contribution is 2.43. The molecule has 3 unspecified atom stereocenters. The standard InChI is InChI=1S/C37H62NO10P/c1-3-5-7-9-11-13-15-16-17-18-19-21-23-25-27-29-36(41)46-30-33(39)31-47-49(44,45)48-32-34(37(42)43)38-35(40)28-26-24-22-20-14-12-10-8-6-4-2/h5,7-8,10-11,13,16-17,19,21,33-34,39H,3-4,6,9,12,14-15,18,20,22-32H2,1-2H3,(H,38,40)(H,42,43)(H,44,45)/b7-5-,10-8-,13-11-,17-16-,21-19-. The number of allylic oxidation sites excluding steroid dienone is 10. The van der Waals surface area contributed by atoms with E-state index in [0.29, 0.717) is 12.8 Å². The Kier molecular flexibility index (Phi) is 30.5. The highest BCUT2D eigenvalue weighted by Gasteiger charge is 2.28. The van der Waals surface area contributed by atoms with E-state index in [1.54, 1.807) is 0 Å². The van der Waals surface area contributed by atoms with Crippen LogP contribution in [-0.4, -0.2) is 64.9 Å². The van der Waals surface area contributed by atoms with Crippen molar-refractivity contribution in [2.75, 3.05) is 19.8 Å². The number of carboxylic acids is 1. The predicted molar refractivity (Wildman–Crippen MR) is 194 cm³/mol. The number of hydrogen-bond donors (Lipinski definition) is 4. The first-order valence-electron chi connectivity index (χ1n) is 17.8. The molecule has 0 heterocycles. The Labute approximate surface area is 294 Å². The van der Waals surface area contributed by atoms with Crippen LogP contribution < -0.4 is 5.32 Å². The maximum Gasteiger partial charge on any atom is 0.472 e. The summed E-state index contributed by atoms with van der Waals surface area (Å²) >= 11 is 0.